The highest BCUT2D eigenvalue weighted by Crippen LogP contribution is 2.30. The van der Waals surface area contributed by atoms with Crippen LogP contribution in [0.25, 0.3) is 0 Å². The summed E-state index contributed by atoms with van der Waals surface area (Å²) < 4.78 is 14.0. The predicted octanol–water partition coefficient (Wildman–Crippen LogP) is 4.07. The van der Waals surface area contributed by atoms with Gasteiger partial charge in [-0.05, 0) is 30.2 Å². The molecule has 4 heteroatoms. The van der Waals surface area contributed by atoms with Crippen molar-refractivity contribution >= 4 is 17.4 Å². The van der Waals surface area contributed by atoms with E-state index in [4.69, 9.17) is 11.6 Å². The Hall–Kier alpha value is -2.18. The summed E-state index contributed by atoms with van der Waals surface area (Å²) in [5.74, 6) is -0.829. The highest BCUT2D eigenvalue weighted by atomic mass is 35.5. The summed E-state index contributed by atoms with van der Waals surface area (Å²) in [5.41, 5.74) is -0.537. The van der Waals surface area contributed by atoms with Crippen LogP contribution in [0.2, 0.25) is 5.02 Å². The first-order valence-corrected chi connectivity index (χ1v) is 6.79. The fourth-order valence-electron chi connectivity index (χ4n) is 2.29. The summed E-state index contributed by atoms with van der Waals surface area (Å²) in [5, 5.41) is 9.87. The Kier molecular flexibility index (Phi) is 4.40. The Morgan fingerprint density at radius 1 is 1.29 bits per heavy atom. The molecule has 1 unspecified atom stereocenters. The minimum atomic E-state index is -1.39. The molecule has 0 amide bonds. The lowest BCUT2D eigenvalue weighted by Gasteiger charge is -2.24. The molecule has 0 aromatic heterocycles. The van der Waals surface area contributed by atoms with Gasteiger partial charge in [-0.15, -0.1) is 0 Å². The molecule has 0 bridgehead atoms. The number of Topliss-reactive ketones (excluding diaryl/α,β-unsaturated/α-hetero) is 1. The van der Waals surface area contributed by atoms with Gasteiger partial charge in [0.15, 0.2) is 5.78 Å². The second-order valence-corrected chi connectivity index (χ2v) is 5.29. The number of nitrogens with zero attached hydrogens (tertiary/aromatic N) is 1. The summed E-state index contributed by atoms with van der Waals surface area (Å²) in [4.78, 5) is 12.1. The highest BCUT2D eigenvalue weighted by molar-refractivity contribution is 6.30. The van der Waals surface area contributed by atoms with E-state index in [2.05, 4.69) is 6.07 Å². The standard InChI is InChI=1S/C17H13ClFNO/c1-12(21)17(11-20,14-5-3-2-4-6-14)10-13-7-8-15(18)9-16(13)19/h2-9H,10H2,1H3. The third-order valence-corrected chi connectivity index (χ3v) is 3.76. The van der Waals surface area contributed by atoms with Gasteiger partial charge in [0.25, 0.3) is 0 Å². The van der Waals surface area contributed by atoms with E-state index in [9.17, 15) is 14.4 Å². The van der Waals surface area contributed by atoms with E-state index in [0.717, 1.165) is 0 Å². The van der Waals surface area contributed by atoms with Crippen LogP contribution in [0.1, 0.15) is 18.1 Å². The Labute approximate surface area is 127 Å². The number of hydrogen-bond donors (Lipinski definition) is 0. The molecule has 0 saturated heterocycles. The maximum atomic E-state index is 14.0. The summed E-state index contributed by atoms with van der Waals surface area (Å²) in [7, 11) is 0. The second-order valence-electron chi connectivity index (χ2n) is 4.85. The topological polar surface area (TPSA) is 40.9 Å². The molecular weight excluding hydrogens is 289 g/mol. The van der Waals surface area contributed by atoms with Crippen molar-refractivity contribution in [2.75, 3.05) is 0 Å². The SMILES string of the molecule is CC(=O)C(C#N)(Cc1ccc(Cl)cc1F)c1ccccc1. The average Bonchev–Trinajstić information content (AvgIpc) is 2.47. The molecule has 0 radical (unpaired) electrons. The third kappa shape index (κ3) is 2.96. The van der Waals surface area contributed by atoms with Crippen molar-refractivity contribution in [1.82, 2.24) is 0 Å². The van der Waals surface area contributed by atoms with Crippen LogP contribution in [-0.2, 0) is 16.6 Å². The lowest BCUT2D eigenvalue weighted by atomic mass is 9.74. The Morgan fingerprint density at radius 2 is 1.95 bits per heavy atom. The van der Waals surface area contributed by atoms with Crippen molar-refractivity contribution in [2.45, 2.75) is 18.8 Å². The molecule has 2 rings (SSSR count). The second kappa shape index (κ2) is 6.07. The molecule has 0 saturated carbocycles. The molecule has 0 aliphatic rings. The largest absolute Gasteiger partial charge is 0.298 e. The summed E-state index contributed by atoms with van der Waals surface area (Å²) in [6, 6.07) is 15.0. The molecule has 0 fully saturated rings. The van der Waals surface area contributed by atoms with E-state index < -0.39 is 11.2 Å². The van der Waals surface area contributed by atoms with Gasteiger partial charge >= 0.3 is 0 Å². The summed E-state index contributed by atoms with van der Waals surface area (Å²) >= 11 is 5.73. The fraction of sp³-hybridized carbons (Fsp3) is 0.176. The number of benzene rings is 2. The fourth-order valence-corrected chi connectivity index (χ4v) is 2.44. The van der Waals surface area contributed by atoms with Gasteiger partial charge in [-0.25, -0.2) is 4.39 Å². The first kappa shape index (κ1) is 15.2. The first-order chi connectivity index (χ1) is 9.99. The van der Waals surface area contributed by atoms with Crippen LogP contribution in [0, 0.1) is 17.1 Å². The minimum absolute atomic E-state index is 0.0220. The predicted molar refractivity (Wildman–Crippen MR) is 79.5 cm³/mol. The molecule has 2 aromatic carbocycles. The van der Waals surface area contributed by atoms with Crippen molar-refractivity contribution in [3.63, 3.8) is 0 Å². The number of ketones is 1. The third-order valence-electron chi connectivity index (χ3n) is 3.53. The molecule has 106 valence electrons. The van der Waals surface area contributed by atoms with Crippen LogP contribution < -0.4 is 0 Å². The van der Waals surface area contributed by atoms with E-state index in [-0.39, 0.29) is 17.2 Å². The van der Waals surface area contributed by atoms with Crippen LogP contribution in [0.15, 0.2) is 48.5 Å². The molecule has 1 atom stereocenters. The zero-order chi connectivity index (χ0) is 15.5. The zero-order valence-corrected chi connectivity index (χ0v) is 12.2. The van der Waals surface area contributed by atoms with Gasteiger partial charge in [-0.3, -0.25) is 4.79 Å². The van der Waals surface area contributed by atoms with Gasteiger partial charge in [0.2, 0.25) is 0 Å². The van der Waals surface area contributed by atoms with Gasteiger partial charge in [0.05, 0.1) is 6.07 Å². The molecule has 0 heterocycles. The lowest BCUT2D eigenvalue weighted by Crippen LogP contribution is -2.35. The molecule has 0 aliphatic heterocycles. The van der Waals surface area contributed by atoms with Crippen LogP contribution in [0.3, 0.4) is 0 Å². The maximum Gasteiger partial charge on any atom is 0.154 e. The van der Waals surface area contributed by atoms with Crippen molar-refractivity contribution in [3.8, 4) is 6.07 Å². The number of carbonyl (C=O) groups is 1. The zero-order valence-electron chi connectivity index (χ0n) is 11.4. The number of rotatable bonds is 4. The van der Waals surface area contributed by atoms with E-state index in [1.165, 1.54) is 19.1 Å². The van der Waals surface area contributed by atoms with Crippen LogP contribution in [-0.4, -0.2) is 5.78 Å². The quantitative estimate of drug-likeness (QED) is 0.854. The van der Waals surface area contributed by atoms with Gasteiger partial charge in [-0.1, -0.05) is 48.0 Å². The van der Waals surface area contributed by atoms with Crippen molar-refractivity contribution in [3.05, 3.63) is 70.5 Å². The Bertz CT molecular complexity index is 708. The van der Waals surface area contributed by atoms with E-state index in [1.807, 2.05) is 0 Å². The van der Waals surface area contributed by atoms with Gasteiger partial charge in [0, 0.05) is 11.4 Å². The molecule has 21 heavy (non-hydrogen) atoms. The van der Waals surface area contributed by atoms with Crippen LogP contribution in [0.5, 0.6) is 0 Å². The molecule has 0 aliphatic carbocycles. The molecule has 0 spiro atoms. The van der Waals surface area contributed by atoms with Crippen LogP contribution >= 0.6 is 11.6 Å². The van der Waals surface area contributed by atoms with Gasteiger partial charge in [-0.2, -0.15) is 5.26 Å². The maximum absolute atomic E-state index is 14.0. The first-order valence-electron chi connectivity index (χ1n) is 6.41. The molecular formula is C17H13ClFNO. The smallest absolute Gasteiger partial charge is 0.154 e. The van der Waals surface area contributed by atoms with E-state index in [1.54, 1.807) is 36.4 Å². The van der Waals surface area contributed by atoms with Crippen LogP contribution in [0.4, 0.5) is 4.39 Å². The van der Waals surface area contributed by atoms with Gasteiger partial charge in [0.1, 0.15) is 11.2 Å². The molecule has 0 N–H and O–H groups in total. The van der Waals surface area contributed by atoms with Crippen molar-refractivity contribution in [2.24, 2.45) is 0 Å². The van der Waals surface area contributed by atoms with E-state index >= 15 is 0 Å². The number of carbonyl (C=O) groups excluding carboxylic acids is 1. The summed E-state index contributed by atoms with van der Waals surface area (Å²) in [6.07, 6.45) is -0.0220. The Morgan fingerprint density at radius 3 is 2.48 bits per heavy atom. The van der Waals surface area contributed by atoms with Gasteiger partial charge < -0.3 is 0 Å². The number of hydrogen-bond acceptors (Lipinski definition) is 2. The highest BCUT2D eigenvalue weighted by Gasteiger charge is 2.38. The number of halogens is 2. The van der Waals surface area contributed by atoms with Crippen molar-refractivity contribution in [1.29, 1.82) is 5.26 Å². The normalized spacial score (nSPS) is 13.2. The summed E-state index contributed by atoms with van der Waals surface area (Å²) in [6.45, 7) is 1.35. The lowest BCUT2D eigenvalue weighted by molar-refractivity contribution is -0.120. The Balaban J connectivity index is 2.52. The van der Waals surface area contributed by atoms with E-state index in [0.29, 0.717) is 11.1 Å². The van der Waals surface area contributed by atoms with Crippen molar-refractivity contribution < 1.29 is 9.18 Å². The average molecular weight is 302 g/mol. The number of nitriles is 1. The minimum Gasteiger partial charge on any atom is -0.298 e. The molecule has 2 nitrogen and oxygen atoms in total. The monoisotopic (exact) mass is 301 g/mol. The molecule has 2 aromatic rings.